The largest absolute Gasteiger partial charge is 0.476 e. The fourth-order valence-electron chi connectivity index (χ4n) is 5.13. The van der Waals surface area contributed by atoms with Gasteiger partial charge in [0.15, 0.2) is 6.10 Å². The number of morpholine rings is 1. The van der Waals surface area contributed by atoms with Crippen molar-refractivity contribution in [2.24, 2.45) is 0 Å². The molecule has 1 aromatic rings. The van der Waals surface area contributed by atoms with Gasteiger partial charge in [0.25, 0.3) is 11.8 Å². The maximum atomic E-state index is 13.2. The Morgan fingerprint density at radius 1 is 1.09 bits per heavy atom. The number of anilines is 1. The minimum absolute atomic E-state index is 0.00680. The number of para-hydroxylation sites is 2. The Morgan fingerprint density at radius 2 is 1.82 bits per heavy atom. The highest BCUT2D eigenvalue weighted by Gasteiger charge is 2.52. The first-order valence-corrected chi connectivity index (χ1v) is 11.6. The van der Waals surface area contributed by atoms with Crippen LogP contribution in [0.3, 0.4) is 0 Å². The van der Waals surface area contributed by atoms with Crippen molar-refractivity contribution < 1.29 is 28.7 Å². The van der Waals surface area contributed by atoms with Crippen LogP contribution >= 0.6 is 0 Å². The molecule has 0 aromatic heterocycles. The molecular weight excluding hydrogens is 428 g/mol. The van der Waals surface area contributed by atoms with E-state index in [4.69, 9.17) is 9.47 Å². The van der Waals surface area contributed by atoms with E-state index in [0.29, 0.717) is 50.6 Å². The van der Waals surface area contributed by atoms with Crippen LogP contribution in [0, 0.1) is 0 Å². The molecule has 3 aliphatic heterocycles. The van der Waals surface area contributed by atoms with Crippen molar-refractivity contribution in [3.63, 3.8) is 0 Å². The van der Waals surface area contributed by atoms with Crippen molar-refractivity contribution in [2.75, 3.05) is 44.3 Å². The van der Waals surface area contributed by atoms with Crippen LogP contribution in [0.4, 0.5) is 10.5 Å². The number of amides is 5. The number of hydrogen-bond acceptors (Lipinski definition) is 6. The van der Waals surface area contributed by atoms with Crippen molar-refractivity contribution in [1.82, 2.24) is 15.1 Å². The molecule has 0 unspecified atom stereocenters. The molecule has 3 fully saturated rings. The van der Waals surface area contributed by atoms with Gasteiger partial charge in [0.05, 0.1) is 25.4 Å². The van der Waals surface area contributed by atoms with E-state index < -0.39 is 17.7 Å². The number of hydrogen-bond donors (Lipinski definition) is 1. The number of nitrogens with one attached hydrogen (secondary N) is 1. The van der Waals surface area contributed by atoms with Gasteiger partial charge in [-0.25, -0.2) is 4.79 Å². The smallest absolute Gasteiger partial charge is 0.325 e. The number of carbonyl (C=O) groups excluding carboxylic acids is 4. The number of nitrogens with zero attached hydrogens (tertiary/aromatic N) is 3. The summed E-state index contributed by atoms with van der Waals surface area (Å²) in [6, 6.07) is 6.66. The summed E-state index contributed by atoms with van der Waals surface area (Å²) >= 11 is 0. The summed E-state index contributed by atoms with van der Waals surface area (Å²) < 4.78 is 11.3. The second-order valence-corrected chi connectivity index (χ2v) is 8.94. The first kappa shape index (κ1) is 21.7. The van der Waals surface area contributed by atoms with Crippen LogP contribution in [-0.2, 0) is 19.1 Å². The Morgan fingerprint density at radius 3 is 2.58 bits per heavy atom. The van der Waals surface area contributed by atoms with Gasteiger partial charge in [-0.05, 0) is 25.0 Å². The average molecular weight is 456 g/mol. The van der Waals surface area contributed by atoms with E-state index >= 15 is 0 Å². The Balaban J connectivity index is 1.29. The first-order chi connectivity index (χ1) is 16.0. The standard InChI is InChI=1S/C23H28N4O6/c28-19(7-10-26-21(30)23(24-22(26)31)8-3-4-9-23)27-15-18(20(29)25-11-13-32-14-12-25)33-17-6-2-1-5-16(17)27/h1-2,5-6,18H,3-4,7-15H2,(H,24,31)/t18-/m1/s1. The molecule has 176 valence electrons. The zero-order valence-corrected chi connectivity index (χ0v) is 18.5. The van der Waals surface area contributed by atoms with Crippen LogP contribution < -0.4 is 15.0 Å². The minimum Gasteiger partial charge on any atom is -0.476 e. The molecule has 4 aliphatic rings. The van der Waals surface area contributed by atoms with Crippen LogP contribution in [-0.4, -0.2) is 84.6 Å². The van der Waals surface area contributed by atoms with Crippen molar-refractivity contribution in [1.29, 1.82) is 0 Å². The highest BCUT2D eigenvalue weighted by atomic mass is 16.5. The van der Waals surface area contributed by atoms with E-state index in [9.17, 15) is 19.2 Å². The quantitative estimate of drug-likeness (QED) is 0.675. The molecule has 33 heavy (non-hydrogen) atoms. The Hall–Kier alpha value is -3.14. The molecule has 1 aliphatic carbocycles. The number of imide groups is 1. The molecule has 0 radical (unpaired) electrons. The van der Waals surface area contributed by atoms with Crippen LogP contribution in [0.25, 0.3) is 0 Å². The molecule has 1 N–H and O–H groups in total. The maximum Gasteiger partial charge on any atom is 0.325 e. The third kappa shape index (κ3) is 3.92. The monoisotopic (exact) mass is 456 g/mol. The molecule has 10 nitrogen and oxygen atoms in total. The maximum absolute atomic E-state index is 13.2. The predicted molar refractivity (Wildman–Crippen MR) is 117 cm³/mol. The number of carbonyl (C=O) groups is 4. The van der Waals surface area contributed by atoms with Crippen LogP contribution in [0.1, 0.15) is 32.1 Å². The lowest BCUT2D eigenvalue weighted by molar-refractivity contribution is -0.142. The summed E-state index contributed by atoms with van der Waals surface area (Å²) in [7, 11) is 0. The first-order valence-electron chi connectivity index (χ1n) is 11.6. The van der Waals surface area contributed by atoms with Gasteiger partial charge >= 0.3 is 6.03 Å². The molecule has 0 bridgehead atoms. The average Bonchev–Trinajstić information content (AvgIpc) is 3.41. The van der Waals surface area contributed by atoms with Gasteiger partial charge in [-0.3, -0.25) is 19.3 Å². The number of fused-ring (bicyclic) bond motifs is 1. The number of rotatable bonds is 4. The highest BCUT2D eigenvalue weighted by Crippen LogP contribution is 2.36. The third-order valence-corrected chi connectivity index (χ3v) is 6.93. The lowest BCUT2D eigenvalue weighted by Crippen LogP contribution is -2.54. The predicted octanol–water partition coefficient (Wildman–Crippen LogP) is 0.894. The van der Waals surface area contributed by atoms with E-state index in [0.717, 1.165) is 17.7 Å². The number of benzene rings is 1. The fourth-order valence-corrected chi connectivity index (χ4v) is 5.13. The molecule has 2 saturated heterocycles. The zero-order chi connectivity index (χ0) is 23.0. The van der Waals surface area contributed by atoms with Crippen molar-refractivity contribution in [3.05, 3.63) is 24.3 Å². The van der Waals surface area contributed by atoms with Gasteiger partial charge in [0.2, 0.25) is 5.91 Å². The zero-order valence-electron chi connectivity index (χ0n) is 18.5. The van der Waals surface area contributed by atoms with Gasteiger partial charge in [-0.1, -0.05) is 25.0 Å². The fraction of sp³-hybridized carbons (Fsp3) is 0.565. The third-order valence-electron chi connectivity index (χ3n) is 6.93. The molecule has 3 heterocycles. The SMILES string of the molecule is O=C([C@H]1CN(C(=O)CCN2C(=O)NC3(CCCC3)C2=O)c2ccccc2O1)N1CCOCC1. The van der Waals surface area contributed by atoms with E-state index in [1.165, 1.54) is 4.90 Å². The lowest BCUT2D eigenvalue weighted by Gasteiger charge is -2.37. The van der Waals surface area contributed by atoms with Gasteiger partial charge in [0, 0.05) is 26.1 Å². The van der Waals surface area contributed by atoms with Crippen molar-refractivity contribution in [3.8, 4) is 5.75 Å². The Labute approximate surface area is 191 Å². The van der Waals surface area contributed by atoms with Gasteiger partial charge < -0.3 is 24.6 Å². The normalized spacial score (nSPS) is 24.0. The summed E-state index contributed by atoms with van der Waals surface area (Å²) in [4.78, 5) is 56.0. The molecule has 1 aromatic carbocycles. The summed E-state index contributed by atoms with van der Waals surface area (Å²) in [6.07, 6.45) is 2.25. The van der Waals surface area contributed by atoms with Crippen LogP contribution in [0.2, 0.25) is 0 Å². The van der Waals surface area contributed by atoms with Crippen molar-refractivity contribution in [2.45, 2.75) is 43.7 Å². The molecule has 1 spiro atoms. The summed E-state index contributed by atoms with van der Waals surface area (Å²) in [5.41, 5.74) is -0.209. The van der Waals surface area contributed by atoms with Gasteiger partial charge in [-0.15, -0.1) is 0 Å². The summed E-state index contributed by atoms with van der Waals surface area (Å²) in [5, 5.41) is 2.84. The van der Waals surface area contributed by atoms with E-state index in [2.05, 4.69) is 5.32 Å². The lowest BCUT2D eigenvalue weighted by atomic mass is 9.98. The number of urea groups is 1. The molecule has 5 amide bonds. The highest BCUT2D eigenvalue weighted by molar-refractivity contribution is 6.07. The molecule has 5 rings (SSSR count). The van der Waals surface area contributed by atoms with Gasteiger partial charge in [0.1, 0.15) is 11.3 Å². The van der Waals surface area contributed by atoms with Gasteiger partial charge in [-0.2, -0.15) is 0 Å². The minimum atomic E-state index is -0.819. The van der Waals surface area contributed by atoms with E-state index in [1.807, 2.05) is 0 Å². The Bertz CT molecular complexity index is 969. The molecule has 10 heteroatoms. The summed E-state index contributed by atoms with van der Waals surface area (Å²) in [6.45, 7) is 2.02. The second kappa shape index (κ2) is 8.66. The number of ether oxygens (including phenoxy) is 2. The molecule has 1 atom stereocenters. The second-order valence-electron chi connectivity index (χ2n) is 8.94. The summed E-state index contributed by atoms with van der Waals surface area (Å²) in [5.74, 6) is -0.217. The van der Waals surface area contributed by atoms with Crippen molar-refractivity contribution >= 4 is 29.4 Å². The Kier molecular flexibility index (Phi) is 5.69. The van der Waals surface area contributed by atoms with Crippen LogP contribution in [0.5, 0.6) is 5.75 Å². The topological polar surface area (TPSA) is 108 Å². The van der Waals surface area contributed by atoms with E-state index in [1.54, 1.807) is 29.2 Å². The molecular formula is C23H28N4O6. The van der Waals surface area contributed by atoms with Crippen LogP contribution in [0.15, 0.2) is 24.3 Å². The molecule has 1 saturated carbocycles. The van der Waals surface area contributed by atoms with E-state index in [-0.39, 0.29) is 37.2 Å².